The van der Waals surface area contributed by atoms with Crippen LogP contribution in [0.2, 0.25) is 10.0 Å². The summed E-state index contributed by atoms with van der Waals surface area (Å²) in [5, 5.41) is 4.67. The summed E-state index contributed by atoms with van der Waals surface area (Å²) in [5.74, 6) is -0.242. The van der Waals surface area contributed by atoms with Gasteiger partial charge in [0.05, 0.1) is 0 Å². The first-order chi connectivity index (χ1) is 13.9. The van der Waals surface area contributed by atoms with Crippen molar-refractivity contribution in [3.63, 3.8) is 0 Å². The van der Waals surface area contributed by atoms with Gasteiger partial charge in [-0.05, 0) is 61.5 Å². The molecule has 29 heavy (non-hydrogen) atoms. The molecule has 4 aromatic rings. The second kappa shape index (κ2) is 7.74. The Labute approximate surface area is 177 Å². The molecule has 144 valence electrons. The van der Waals surface area contributed by atoms with E-state index in [1.54, 1.807) is 60.7 Å². The number of aryl methyl sites for hydroxylation is 1. The van der Waals surface area contributed by atoms with E-state index in [0.717, 1.165) is 10.9 Å². The highest BCUT2D eigenvalue weighted by molar-refractivity contribution is 6.31. The minimum absolute atomic E-state index is 0.222. The zero-order valence-electron chi connectivity index (χ0n) is 15.3. The van der Waals surface area contributed by atoms with Gasteiger partial charge in [0.25, 0.3) is 5.91 Å². The highest BCUT2D eigenvalue weighted by Gasteiger charge is 2.19. The lowest BCUT2D eigenvalue weighted by Gasteiger charge is -2.05. The number of benzene rings is 3. The molecule has 0 radical (unpaired) electrons. The van der Waals surface area contributed by atoms with E-state index in [0.29, 0.717) is 32.4 Å². The van der Waals surface area contributed by atoms with Crippen LogP contribution in [0.4, 0.5) is 5.69 Å². The van der Waals surface area contributed by atoms with Crippen LogP contribution in [0.15, 0.2) is 71.1 Å². The SMILES string of the molecule is Cc1c(C(=O)c2ccc(Cl)cc2)oc2cc(NC(=O)c3cccc(Cl)c3)ccc12. The Morgan fingerprint density at radius 1 is 0.862 bits per heavy atom. The van der Waals surface area contributed by atoms with Crippen molar-refractivity contribution in [2.45, 2.75) is 6.92 Å². The smallest absolute Gasteiger partial charge is 0.255 e. The Bertz CT molecular complexity index is 1240. The van der Waals surface area contributed by atoms with E-state index >= 15 is 0 Å². The predicted molar refractivity (Wildman–Crippen MR) is 115 cm³/mol. The number of nitrogens with one attached hydrogen (secondary N) is 1. The van der Waals surface area contributed by atoms with Gasteiger partial charge in [-0.3, -0.25) is 9.59 Å². The molecule has 1 aromatic heterocycles. The van der Waals surface area contributed by atoms with Gasteiger partial charge in [-0.2, -0.15) is 0 Å². The van der Waals surface area contributed by atoms with Gasteiger partial charge in [-0.15, -0.1) is 0 Å². The molecule has 0 atom stereocenters. The number of ketones is 1. The number of amides is 1. The van der Waals surface area contributed by atoms with Gasteiger partial charge < -0.3 is 9.73 Å². The minimum atomic E-state index is -0.285. The summed E-state index contributed by atoms with van der Waals surface area (Å²) in [5.41, 5.74) is 2.76. The Balaban J connectivity index is 1.64. The molecule has 0 saturated heterocycles. The van der Waals surface area contributed by atoms with Crippen molar-refractivity contribution in [3.8, 4) is 0 Å². The number of carbonyl (C=O) groups excluding carboxylic acids is 2. The summed E-state index contributed by atoms with van der Waals surface area (Å²) in [4.78, 5) is 25.2. The lowest BCUT2D eigenvalue weighted by atomic mass is 10.0. The van der Waals surface area contributed by atoms with Crippen LogP contribution in [-0.2, 0) is 0 Å². The molecule has 0 aliphatic heterocycles. The molecule has 0 fully saturated rings. The molecule has 0 bridgehead atoms. The fourth-order valence-corrected chi connectivity index (χ4v) is 3.40. The number of hydrogen-bond donors (Lipinski definition) is 1. The van der Waals surface area contributed by atoms with Gasteiger partial charge in [-0.1, -0.05) is 29.3 Å². The van der Waals surface area contributed by atoms with Crippen molar-refractivity contribution >= 4 is 51.5 Å². The van der Waals surface area contributed by atoms with Crippen molar-refractivity contribution in [2.75, 3.05) is 5.32 Å². The Kier molecular flexibility index (Phi) is 5.14. The predicted octanol–water partition coefficient (Wildman–Crippen LogP) is 6.53. The van der Waals surface area contributed by atoms with Gasteiger partial charge in [0.2, 0.25) is 5.78 Å². The molecular weight excluding hydrogens is 409 g/mol. The van der Waals surface area contributed by atoms with E-state index in [2.05, 4.69) is 5.32 Å². The highest BCUT2D eigenvalue weighted by atomic mass is 35.5. The van der Waals surface area contributed by atoms with E-state index in [-0.39, 0.29) is 17.5 Å². The first-order valence-corrected chi connectivity index (χ1v) is 9.58. The van der Waals surface area contributed by atoms with Gasteiger partial charge in [0.15, 0.2) is 5.76 Å². The van der Waals surface area contributed by atoms with Gasteiger partial charge in [0, 0.05) is 43.9 Å². The van der Waals surface area contributed by atoms with Crippen LogP contribution in [0.25, 0.3) is 11.0 Å². The Morgan fingerprint density at radius 3 is 2.34 bits per heavy atom. The molecule has 0 aliphatic rings. The third-order valence-electron chi connectivity index (χ3n) is 4.60. The average molecular weight is 424 g/mol. The number of rotatable bonds is 4. The van der Waals surface area contributed by atoms with Crippen molar-refractivity contribution in [1.29, 1.82) is 0 Å². The normalized spacial score (nSPS) is 10.9. The first-order valence-electron chi connectivity index (χ1n) is 8.83. The largest absolute Gasteiger partial charge is 0.452 e. The fraction of sp³-hybridized carbons (Fsp3) is 0.0435. The van der Waals surface area contributed by atoms with Crippen molar-refractivity contribution < 1.29 is 14.0 Å². The fourth-order valence-electron chi connectivity index (χ4n) is 3.09. The number of fused-ring (bicyclic) bond motifs is 1. The zero-order chi connectivity index (χ0) is 20.5. The van der Waals surface area contributed by atoms with Gasteiger partial charge in [0.1, 0.15) is 5.58 Å². The Hall–Kier alpha value is -3.08. The van der Waals surface area contributed by atoms with E-state index in [9.17, 15) is 9.59 Å². The third kappa shape index (κ3) is 3.90. The summed E-state index contributed by atoms with van der Waals surface area (Å²) < 4.78 is 5.84. The summed E-state index contributed by atoms with van der Waals surface area (Å²) >= 11 is 11.8. The number of carbonyl (C=O) groups is 2. The molecular formula is C23H15Cl2NO3. The maximum atomic E-state index is 12.8. The molecule has 0 aliphatic carbocycles. The molecule has 4 nitrogen and oxygen atoms in total. The number of hydrogen-bond acceptors (Lipinski definition) is 3. The molecule has 0 saturated carbocycles. The van der Waals surface area contributed by atoms with Crippen LogP contribution in [0, 0.1) is 6.92 Å². The molecule has 3 aromatic carbocycles. The molecule has 4 rings (SSSR count). The van der Waals surface area contributed by atoms with E-state index < -0.39 is 0 Å². The monoisotopic (exact) mass is 423 g/mol. The zero-order valence-corrected chi connectivity index (χ0v) is 16.8. The topological polar surface area (TPSA) is 59.3 Å². The van der Waals surface area contributed by atoms with E-state index in [1.807, 2.05) is 13.0 Å². The van der Waals surface area contributed by atoms with Crippen LogP contribution >= 0.6 is 23.2 Å². The molecule has 0 unspecified atom stereocenters. The molecule has 1 N–H and O–H groups in total. The van der Waals surface area contributed by atoms with Crippen molar-refractivity contribution in [3.05, 3.63) is 99.2 Å². The van der Waals surface area contributed by atoms with E-state index in [1.165, 1.54) is 0 Å². The van der Waals surface area contributed by atoms with Crippen molar-refractivity contribution in [1.82, 2.24) is 0 Å². The van der Waals surface area contributed by atoms with Gasteiger partial charge in [-0.25, -0.2) is 0 Å². The van der Waals surface area contributed by atoms with Crippen LogP contribution in [-0.4, -0.2) is 11.7 Å². The molecule has 1 heterocycles. The molecule has 0 spiro atoms. The third-order valence-corrected chi connectivity index (χ3v) is 5.08. The second-order valence-corrected chi connectivity index (χ2v) is 7.44. The maximum Gasteiger partial charge on any atom is 0.255 e. The summed E-state index contributed by atoms with van der Waals surface area (Å²) in [6, 6.07) is 18.6. The molecule has 1 amide bonds. The van der Waals surface area contributed by atoms with E-state index in [4.69, 9.17) is 27.6 Å². The van der Waals surface area contributed by atoms with Crippen LogP contribution in [0.3, 0.4) is 0 Å². The van der Waals surface area contributed by atoms with Crippen LogP contribution < -0.4 is 5.32 Å². The lowest BCUT2D eigenvalue weighted by molar-refractivity contribution is 0.101. The number of halogens is 2. The maximum absolute atomic E-state index is 12.8. The second-order valence-electron chi connectivity index (χ2n) is 6.57. The van der Waals surface area contributed by atoms with Crippen LogP contribution in [0.1, 0.15) is 32.0 Å². The van der Waals surface area contributed by atoms with Crippen LogP contribution in [0.5, 0.6) is 0 Å². The highest BCUT2D eigenvalue weighted by Crippen LogP contribution is 2.30. The standard InChI is InChI=1S/C23H15Cl2NO3/c1-13-19-10-9-18(26-23(28)15-3-2-4-17(25)11-15)12-20(19)29-22(13)21(27)14-5-7-16(24)8-6-14/h2-12H,1H3,(H,26,28). The van der Waals surface area contributed by atoms with Crippen molar-refractivity contribution in [2.24, 2.45) is 0 Å². The summed E-state index contributed by atoms with van der Waals surface area (Å²) in [6.07, 6.45) is 0. The lowest BCUT2D eigenvalue weighted by Crippen LogP contribution is -2.11. The Morgan fingerprint density at radius 2 is 1.62 bits per heavy atom. The summed E-state index contributed by atoms with van der Waals surface area (Å²) in [6.45, 7) is 1.83. The van der Waals surface area contributed by atoms with Gasteiger partial charge >= 0.3 is 0 Å². The number of furan rings is 1. The summed E-state index contributed by atoms with van der Waals surface area (Å²) in [7, 11) is 0. The quantitative estimate of drug-likeness (QED) is 0.379. The average Bonchev–Trinajstić information content (AvgIpc) is 3.04. The number of anilines is 1. The first kappa shape index (κ1) is 19.2. The minimum Gasteiger partial charge on any atom is -0.452 e. The molecule has 6 heteroatoms.